The van der Waals surface area contributed by atoms with Crippen LogP contribution >= 0.6 is 23.2 Å². The van der Waals surface area contributed by atoms with Crippen LogP contribution in [0.15, 0.2) is 43.0 Å². The molecule has 3 aromatic rings. The van der Waals surface area contributed by atoms with E-state index in [-0.39, 0.29) is 17.6 Å². The van der Waals surface area contributed by atoms with Crippen molar-refractivity contribution in [3.8, 4) is 0 Å². The van der Waals surface area contributed by atoms with Crippen molar-refractivity contribution in [2.24, 2.45) is 5.92 Å². The minimum absolute atomic E-state index is 0.156. The van der Waals surface area contributed by atoms with E-state index in [1.165, 1.54) is 18.3 Å². The highest BCUT2D eigenvalue weighted by Gasteiger charge is 2.15. The summed E-state index contributed by atoms with van der Waals surface area (Å²) in [6.45, 7) is 2.59. The molecular formula is C17H16Cl2FN5O. The van der Waals surface area contributed by atoms with Gasteiger partial charge in [-0.15, -0.1) is 0 Å². The number of hydrogen-bond acceptors (Lipinski definition) is 3. The summed E-state index contributed by atoms with van der Waals surface area (Å²) < 4.78 is 16.3. The fraction of sp³-hybridized carbons (Fsp3) is 0.235. The van der Waals surface area contributed by atoms with E-state index in [1.807, 2.05) is 0 Å². The minimum Gasteiger partial charge on any atom is -0.323 e. The van der Waals surface area contributed by atoms with Crippen molar-refractivity contribution in [3.05, 3.63) is 64.4 Å². The number of benzene rings is 1. The van der Waals surface area contributed by atoms with E-state index in [4.69, 9.17) is 23.2 Å². The third-order valence-electron chi connectivity index (χ3n) is 3.76. The molecule has 0 aliphatic heterocycles. The number of anilines is 1. The highest BCUT2D eigenvalue weighted by atomic mass is 35.5. The molecule has 2 aromatic heterocycles. The topological polar surface area (TPSA) is 64.7 Å². The minimum atomic E-state index is -0.389. The third-order valence-corrected chi connectivity index (χ3v) is 4.31. The SMILES string of the molecule is CC(Cn1cc(Cl)cn1)C(=O)Nc1cnn(Cc2ccc(F)cc2Cl)c1. The smallest absolute Gasteiger partial charge is 0.229 e. The lowest BCUT2D eigenvalue weighted by atomic mass is 10.1. The number of nitrogens with zero attached hydrogens (tertiary/aromatic N) is 4. The van der Waals surface area contributed by atoms with Gasteiger partial charge in [-0.3, -0.25) is 14.2 Å². The molecule has 1 N–H and O–H groups in total. The summed E-state index contributed by atoms with van der Waals surface area (Å²) in [5, 5.41) is 11.9. The first-order valence-corrected chi connectivity index (χ1v) is 8.61. The standard InChI is InChI=1S/C17H16Cl2FN5O/c1-11(7-24-9-13(18)5-21-24)17(26)23-15-6-22-25(10-15)8-12-2-3-14(20)4-16(12)19/h2-6,9-11H,7-8H2,1H3,(H,23,26). The molecular weight excluding hydrogens is 380 g/mol. The van der Waals surface area contributed by atoms with Crippen LogP contribution in [0.2, 0.25) is 10.0 Å². The van der Waals surface area contributed by atoms with Gasteiger partial charge in [-0.25, -0.2) is 4.39 Å². The zero-order chi connectivity index (χ0) is 18.7. The fourth-order valence-corrected chi connectivity index (χ4v) is 2.79. The Balaban J connectivity index is 1.59. The van der Waals surface area contributed by atoms with Crippen LogP contribution < -0.4 is 5.32 Å². The number of halogens is 3. The van der Waals surface area contributed by atoms with Crippen molar-refractivity contribution < 1.29 is 9.18 Å². The van der Waals surface area contributed by atoms with E-state index in [0.717, 1.165) is 5.56 Å². The number of rotatable bonds is 6. The molecule has 1 aromatic carbocycles. The Hall–Kier alpha value is -2.38. The Labute approximate surface area is 159 Å². The fourth-order valence-electron chi connectivity index (χ4n) is 2.41. The Morgan fingerprint density at radius 1 is 1.23 bits per heavy atom. The maximum atomic E-state index is 13.1. The van der Waals surface area contributed by atoms with Crippen LogP contribution in [0.25, 0.3) is 0 Å². The van der Waals surface area contributed by atoms with Crippen LogP contribution in [0, 0.1) is 11.7 Å². The second-order valence-corrected chi connectivity index (χ2v) is 6.78. The van der Waals surface area contributed by atoms with Crippen molar-refractivity contribution in [2.45, 2.75) is 20.0 Å². The van der Waals surface area contributed by atoms with E-state index >= 15 is 0 Å². The van der Waals surface area contributed by atoms with Crippen LogP contribution in [0.5, 0.6) is 0 Å². The predicted octanol–water partition coefficient (Wildman–Crippen LogP) is 3.85. The number of hydrogen-bond donors (Lipinski definition) is 1. The van der Waals surface area contributed by atoms with Gasteiger partial charge in [0, 0.05) is 17.4 Å². The van der Waals surface area contributed by atoms with Gasteiger partial charge in [0.05, 0.1) is 42.1 Å². The van der Waals surface area contributed by atoms with Gasteiger partial charge in [0.2, 0.25) is 5.91 Å². The number of carbonyl (C=O) groups is 1. The van der Waals surface area contributed by atoms with Gasteiger partial charge in [0.25, 0.3) is 0 Å². The molecule has 2 heterocycles. The summed E-state index contributed by atoms with van der Waals surface area (Å²) in [6.07, 6.45) is 6.43. The van der Waals surface area contributed by atoms with Crippen molar-refractivity contribution in [2.75, 3.05) is 5.32 Å². The summed E-state index contributed by atoms with van der Waals surface area (Å²) in [5.74, 6) is -0.850. The largest absolute Gasteiger partial charge is 0.323 e. The summed E-state index contributed by atoms with van der Waals surface area (Å²) in [7, 11) is 0. The quantitative estimate of drug-likeness (QED) is 0.689. The Bertz CT molecular complexity index is 924. The number of aromatic nitrogens is 4. The molecule has 0 aliphatic rings. The zero-order valence-corrected chi connectivity index (χ0v) is 15.4. The molecule has 0 saturated heterocycles. The monoisotopic (exact) mass is 395 g/mol. The molecule has 0 bridgehead atoms. The number of amides is 1. The first-order chi connectivity index (χ1) is 12.4. The molecule has 3 rings (SSSR count). The maximum absolute atomic E-state index is 13.1. The van der Waals surface area contributed by atoms with Crippen molar-refractivity contribution in [3.63, 3.8) is 0 Å². The van der Waals surface area contributed by atoms with Gasteiger partial charge < -0.3 is 5.32 Å². The van der Waals surface area contributed by atoms with E-state index < -0.39 is 0 Å². The average Bonchev–Trinajstić information content (AvgIpc) is 3.19. The van der Waals surface area contributed by atoms with Crippen molar-refractivity contribution in [1.82, 2.24) is 19.6 Å². The predicted molar refractivity (Wildman–Crippen MR) is 97.8 cm³/mol. The summed E-state index contributed by atoms with van der Waals surface area (Å²) in [4.78, 5) is 12.3. The summed E-state index contributed by atoms with van der Waals surface area (Å²) in [6, 6.07) is 4.21. The zero-order valence-electron chi connectivity index (χ0n) is 13.9. The molecule has 0 radical (unpaired) electrons. The molecule has 1 amide bonds. The van der Waals surface area contributed by atoms with E-state index in [9.17, 15) is 9.18 Å². The van der Waals surface area contributed by atoms with E-state index in [1.54, 1.807) is 40.9 Å². The molecule has 0 aliphatic carbocycles. The lowest BCUT2D eigenvalue weighted by molar-refractivity contribution is -0.119. The first kappa shape index (κ1) is 18.4. The van der Waals surface area contributed by atoms with Gasteiger partial charge in [-0.1, -0.05) is 36.2 Å². The average molecular weight is 396 g/mol. The highest BCUT2D eigenvalue weighted by molar-refractivity contribution is 6.31. The molecule has 9 heteroatoms. The van der Waals surface area contributed by atoms with Gasteiger partial charge in [-0.05, 0) is 17.7 Å². The highest BCUT2D eigenvalue weighted by Crippen LogP contribution is 2.19. The van der Waals surface area contributed by atoms with Gasteiger partial charge in [-0.2, -0.15) is 10.2 Å². The number of carbonyl (C=O) groups excluding carboxylic acids is 1. The first-order valence-electron chi connectivity index (χ1n) is 7.86. The molecule has 0 fully saturated rings. The van der Waals surface area contributed by atoms with Crippen molar-refractivity contribution >= 4 is 34.8 Å². The van der Waals surface area contributed by atoms with E-state index in [2.05, 4.69) is 15.5 Å². The molecule has 26 heavy (non-hydrogen) atoms. The van der Waals surface area contributed by atoms with E-state index in [0.29, 0.717) is 28.8 Å². The lowest BCUT2D eigenvalue weighted by Crippen LogP contribution is -2.24. The third kappa shape index (κ3) is 4.62. The molecule has 1 unspecified atom stereocenters. The lowest BCUT2D eigenvalue weighted by Gasteiger charge is -2.11. The van der Waals surface area contributed by atoms with Crippen LogP contribution in [0.1, 0.15) is 12.5 Å². The second kappa shape index (κ2) is 7.88. The van der Waals surface area contributed by atoms with Gasteiger partial charge >= 0.3 is 0 Å². The Morgan fingerprint density at radius 2 is 2.00 bits per heavy atom. The maximum Gasteiger partial charge on any atom is 0.229 e. The second-order valence-electron chi connectivity index (χ2n) is 5.93. The summed E-state index contributed by atoms with van der Waals surface area (Å²) >= 11 is 11.8. The Morgan fingerprint density at radius 3 is 2.69 bits per heavy atom. The molecule has 6 nitrogen and oxygen atoms in total. The van der Waals surface area contributed by atoms with Crippen LogP contribution in [-0.4, -0.2) is 25.5 Å². The molecule has 136 valence electrons. The van der Waals surface area contributed by atoms with Gasteiger partial charge in [0.1, 0.15) is 5.82 Å². The van der Waals surface area contributed by atoms with Crippen molar-refractivity contribution in [1.29, 1.82) is 0 Å². The normalized spacial score (nSPS) is 12.2. The summed E-state index contributed by atoms with van der Waals surface area (Å²) in [5.41, 5.74) is 1.30. The van der Waals surface area contributed by atoms with Crippen LogP contribution in [0.4, 0.5) is 10.1 Å². The van der Waals surface area contributed by atoms with Crippen LogP contribution in [-0.2, 0) is 17.9 Å². The number of nitrogens with one attached hydrogen (secondary N) is 1. The molecule has 0 spiro atoms. The molecule has 0 saturated carbocycles. The van der Waals surface area contributed by atoms with Gasteiger partial charge in [0.15, 0.2) is 0 Å². The Kier molecular flexibility index (Phi) is 5.58. The molecule has 1 atom stereocenters. The van der Waals surface area contributed by atoms with Crippen LogP contribution in [0.3, 0.4) is 0 Å².